The molecule has 0 aliphatic carbocycles. The summed E-state index contributed by atoms with van der Waals surface area (Å²) >= 11 is 0. The van der Waals surface area contributed by atoms with Crippen LogP contribution >= 0.6 is 0 Å². The van der Waals surface area contributed by atoms with Crippen LogP contribution < -0.4 is 4.90 Å². The maximum Gasteiger partial charge on any atom is 0.335 e. The molecule has 3 rings (SSSR count). The monoisotopic (exact) mass is 322 g/mol. The number of benzene rings is 2. The van der Waals surface area contributed by atoms with Crippen LogP contribution in [0.15, 0.2) is 69.8 Å². The largest absolute Gasteiger partial charge is 0.478 e. The number of hydrogen-bond donors (Lipinski definition) is 1. The molecule has 24 heavy (non-hydrogen) atoms. The summed E-state index contributed by atoms with van der Waals surface area (Å²) in [5, 5.41) is 17.1. The molecule has 7 nitrogen and oxygen atoms in total. The lowest BCUT2D eigenvalue weighted by Gasteiger charge is -2.21. The maximum atomic E-state index is 12.1. The van der Waals surface area contributed by atoms with E-state index < -0.39 is 18.0 Å². The summed E-state index contributed by atoms with van der Waals surface area (Å²) in [6.07, 6.45) is -0.888. The SMILES string of the molecule is CC1=NC(=O)[C@H](N=Nc2cccc(C(=O)O)c2)N1c1ccccc1. The maximum absolute atomic E-state index is 12.1. The third-order valence-electron chi connectivity index (χ3n) is 3.50. The number of carbonyl (C=O) groups is 2. The fourth-order valence-electron chi connectivity index (χ4n) is 2.40. The number of hydrogen-bond acceptors (Lipinski definition) is 5. The average Bonchev–Trinajstić information content (AvgIpc) is 2.87. The fraction of sp³-hybridized carbons (Fsp3) is 0.118. The lowest BCUT2D eigenvalue weighted by atomic mass is 10.2. The molecule has 2 aromatic carbocycles. The molecule has 1 N–H and O–H groups in total. The number of amides is 1. The fourth-order valence-corrected chi connectivity index (χ4v) is 2.40. The first-order valence-electron chi connectivity index (χ1n) is 7.24. The number of carbonyl (C=O) groups excluding carboxylic acids is 1. The normalized spacial score (nSPS) is 17.4. The first-order chi connectivity index (χ1) is 11.6. The van der Waals surface area contributed by atoms with Gasteiger partial charge in [0.05, 0.1) is 11.3 Å². The molecule has 1 aliphatic heterocycles. The molecule has 1 atom stereocenters. The van der Waals surface area contributed by atoms with Crippen molar-refractivity contribution in [2.75, 3.05) is 4.90 Å². The number of amidine groups is 1. The number of aromatic carboxylic acids is 1. The Labute approximate surface area is 138 Å². The van der Waals surface area contributed by atoms with Gasteiger partial charge in [-0.25, -0.2) is 4.79 Å². The number of azo groups is 1. The van der Waals surface area contributed by atoms with Gasteiger partial charge in [-0.15, -0.1) is 0 Å². The Bertz CT molecular complexity index is 846. The topological polar surface area (TPSA) is 94.7 Å². The molecule has 120 valence electrons. The van der Waals surface area contributed by atoms with E-state index in [1.165, 1.54) is 12.1 Å². The van der Waals surface area contributed by atoms with Crippen molar-refractivity contribution in [3.8, 4) is 0 Å². The van der Waals surface area contributed by atoms with Crippen molar-refractivity contribution in [1.82, 2.24) is 0 Å². The lowest BCUT2D eigenvalue weighted by molar-refractivity contribution is -0.118. The van der Waals surface area contributed by atoms with E-state index in [1.54, 1.807) is 24.0 Å². The van der Waals surface area contributed by atoms with Gasteiger partial charge in [-0.3, -0.25) is 9.69 Å². The number of carboxylic acid groups (broad SMARTS) is 1. The van der Waals surface area contributed by atoms with Crippen molar-refractivity contribution in [2.45, 2.75) is 13.1 Å². The van der Waals surface area contributed by atoms with Crippen LogP contribution in [0.25, 0.3) is 0 Å². The first-order valence-corrected chi connectivity index (χ1v) is 7.24. The van der Waals surface area contributed by atoms with Gasteiger partial charge < -0.3 is 5.11 Å². The quantitative estimate of drug-likeness (QED) is 0.874. The number of aliphatic imine (C=N–C) groups is 1. The zero-order chi connectivity index (χ0) is 17.1. The highest BCUT2D eigenvalue weighted by Crippen LogP contribution is 2.25. The van der Waals surface area contributed by atoms with Crippen molar-refractivity contribution >= 4 is 29.1 Å². The van der Waals surface area contributed by atoms with Gasteiger partial charge in [0.1, 0.15) is 5.84 Å². The summed E-state index contributed by atoms with van der Waals surface area (Å²) in [6.45, 7) is 1.73. The zero-order valence-electron chi connectivity index (χ0n) is 12.8. The van der Waals surface area contributed by atoms with E-state index in [2.05, 4.69) is 15.2 Å². The minimum absolute atomic E-state index is 0.108. The smallest absolute Gasteiger partial charge is 0.335 e. The van der Waals surface area contributed by atoms with Gasteiger partial charge in [0.15, 0.2) is 0 Å². The molecular weight excluding hydrogens is 308 g/mol. The average molecular weight is 322 g/mol. The minimum atomic E-state index is -1.05. The summed E-state index contributed by atoms with van der Waals surface area (Å²) in [5.41, 5.74) is 1.25. The molecule has 7 heteroatoms. The Morgan fingerprint density at radius 1 is 1.17 bits per heavy atom. The van der Waals surface area contributed by atoms with E-state index in [-0.39, 0.29) is 5.56 Å². The Morgan fingerprint density at radius 2 is 1.92 bits per heavy atom. The molecule has 1 heterocycles. The van der Waals surface area contributed by atoms with E-state index in [0.717, 1.165) is 5.69 Å². The summed E-state index contributed by atoms with van der Waals surface area (Å²) < 4.78 is 0. The van der Waals surface area contributed by atoms with Gasteiger partial charge in [-0.2, -0.15) is 15.2 Å². The molecule has 0 unspecified atom stereocenters. The van der Waals surface area contributed by atoms with E-state index in [1.807, 2.05) is 30.3 Å². The van der Waals surface area contributed by atoms with Gasteiger partial charge in [-0.05, 0) is 37.3 Å². The molecule has 0 saturated heterocycles. The van der Waals surface area contributed by atoms with Gasteiger partial charge >= 0.3 is 5.97 Å². The van der Waals surface area contributed by atoms with E-state index in [4.69, 9.17) is 5.11 Å². The summed E-state index contributed by atoms with van der Waals surface area (Å²) in [7, 11) is 0. The summed E-state index contributed by atoms with van der Waals surface area (Å²) in [4.78, 5) is 28.7. The Kier molecular flexibility index (Phi) is 4.15. The molecule has 1 amide bonds. The highest BCUT2D eigenvalue weighted by Gasteiger charge is 2.34. The van der Waals surface area contributed by atoms with Crippen LogP contribution in [-0.4, -0.2) is 29.0 Å². The Morgan fingerprint density at radius 3 is 2.62 bits per heavy atom. The van der Waals surface area contributed by atoms with Crippen molar-refractivity contribution in [3.63, 3.8) is 0 Å². The Balaban J connectivity index is 1.89. The molecular formula is C17H14N4O3. The minimum Gasteiger partial charge on any atom is -0.478 e. The van der Waals surface area contributed by atoms with Crippen LogP contribution in [0.2, 0.25) is 0 Å². The molecule has 0 spiro atoms. The van der Waals surface area contributed by atoms with Gasteiger partial charge in [0, 0.05) is 5.69 Å². The number of rotatable bonds is 4. The first kappa shape index (κ1) is 15.5. The standard InChI is InChI=1S/C17H14N4O3/c1-11-18-16(22)15(21(11)14-8-3-2-4-9-14)20-19-13-7-5-6-12(10-13)17(23)24/h2-10,15H,1H3,(H,23,24)/t15-/m1/s1. The predicted molar refractivity (Wildman–Crippen MR) is 88.7 cm³/mol. The number of nitrogens with zero attached hydrogens (tertiary/aromatic N) is 4. The van der Waals surface area contributed by atoms with Crippen molar-refractivity contribution < 1.29 is 14.7 Å². The molecule has 0 radical (unpaired) electrons. The molecule has 0 bridgehead atoms. The van der Waals surface area contributed by atoms with Crippen molar-refractivity contribution in [3.05, 3.63) is 60.2 Å². The predicted octanol–water partition coefficient (Wildman–Crippen LogP) is 3.26. The lowest BCUT2D eigenvalue weighted by Crippen LogP contribution is -2.35. The third kappa shape index (κ3) is 3.05. The van der Waals surface area contributed by atoms with Crippen LogP contribution in [0, 0.1) is 0 Å². The zero-order valence-corrected chi connectivity index (χ0v) is 12.8. The molecule has 0 aromatic heterocycles. The van der Waals surface area contributed by atoms with Crippen molar-refractivity contribution in [2.24, 2.45) is 15.2 Å². The second-order valence-electron chi connectivity index (χ2n) is 5.15. The number of anilines is 1. The Hall–Kier alpha value is -3.35. The highest BCUT2D eigenvalue weighted by molar-refractivity contribution is 6.13. The van der Waals surface area contributed by atoms with Crippen molar-refractivity contribution in [1.29, 1.82) is 0 Å². The van der Waals surface area contributed by atoms with E-state index in [0.29, 0.717) is 11.5 Å². The van der Waals surface area contributed by atoms with E-state index in [9.17, 15) is 9.59 Å². The van der Waals surface area contributed by atoms with Gasteiger partial charge in [0.2, 0.25) is 6.17 Å². The summed E-state index contributed by atoms with van der Waals surface area (Å²) in [6, 6.07) is 15.3. The van der Waals surface area contributed by atoms with Crippen LogP contribution in [0.3, 0.4) is 0 Å². The molecule has 0 saturated carbocycles. The third-order valence-corrected chi connectivity index (χ3v) is 3.50. The second-order valence-corrected chi connectivity index (χ2v) is 5.15. The second kappa shape index (κ2) is 6.41. The highest BCUT2D eigenvalue weighted by atomic mass is 16.4. The molecule has 1 aliphatic rings. The summed E-state index contributed by atoms with van der Waals surface area (Å²) in [5.74, 6) is -0.919. The number of para-hydroxylation sites is 1. The molecule has 2 aromatic rings. The van der Waals surface area contributed by atoms with Crippen LogP contribution in [0.4, 0.5) is 11.4 Å². The van der Waals surface area contributed by atoms with Crippen LogP contribution in [-0.2, 0) is 4.79 Å². The van der Waals surface area contributed by atoms with Gasteiger partial charge in [0.25, 0.3) is 5.91 Å². The van der Waals surface area contributed by atoms with Gasteiger partial charge in [-0.1, -0.05) is 24.3 Å². The number of carboxylic acids is 1. The van der Waals surface area contributed by atoms with E-state index >= 15 is 0 Å². The van der Waals surface area contributed by atoms with Crippen LogP contribution in [0.1, 0.15) is 17.3 Å². The molecule has 0 fully saturated rings. The van der Waals surface area contributed by atoms with Crippen LogP contribution in [0.5, 0.6) is 0 Å².